The van der Waals surface area contributed by atoms with Gasteiger partial charge in [0.2, 0.25) is 0 Å². The molecule has 2 rings (SSSR count). The van der Waals surface area contributed by atoms with Crippen LogP contribution in [-0.2, 0) is 0 Å². The molecule has 0 saturated carbocycles. The molecule has 1 aliphatic rings. The summed E-state index contributed by atoms with van der Waals surface area (Å²) in [4.78, 5) is 6.57. The van der Waals surface area contributed by atoms with Crippen LogP contribution in [0, 0.1) is 5.92 Å². The zero-order valence-electron chi connectivity index (χ0n) is 10.8. The minimum Gasteiger partial charge on any atom is -0.302 e. The van der Waals surface area contributed by atoms with Crippen molar-refractivity contribution in [2.45, 2.75) is 31.7 Å². The molecule has 0 saturated heterocycles. The molecule has 2 nitrogen and oxygen atoms in total. The normalized spacial score (nSPS) is 22.4. The van der Waals surface area contributed by atoms with Crippen LogP contribution in [0.2, 0.25) is 0 Å². The van der Waals surface area contributed by atoms with Crippen molar-refractivity contribution in [3.8, 4) is 0 Å². The van der Waals surface area contributed by atoms with E-state index in [2.05, 4.69) is 42.2 Å². The van der Waals surface area contributed by atoms with E-state index < -0.39 is 0 Å². The average Bonchev–Trinajstić information content (AvgIpc) is 2.59. The fourth-order valence-corrected chi connectivity index (χ4v) is 2.75. The molecular formula is C15H22N2. The number of rotatable bonds is 3. The van der Waals surface area contributed by atoms with Gasteiger partial charge in [0.15, 0.2) is 0 Å². The van der Waals surface area contributed by atoms with Crippen molar-refractivity contribution in [3.63, 3.8) is 0 Å². The third-order valence-corrected chi connectivity index (χ3v) is 3.53. The molecule has 0 radical (unpaired) electrons. The second-order valence-electron chi connectivity index (χ2n) is 5.07. The van der Waals surface area contributed by atoms with Gasteiger partial charge in [-0.2, -0.15) is 0 Å². The summed E-state index contributed by atoms with van der Waals surface area (Å²) >= 11 is 0. The largest absolute Gasteiger partial charge is 0.302 e. The summed E-state index contributed by atoms with van der Waals surface area (Å²) in [5.41, 5.74) is 1.33. The lowest BCUT2D eigenvalue weighted by Gasteiger charge is -2.30. The fraction of sp³-hybridized carbons (Fsp3) is 0.533. The fourth-order valence-electron chi connectivity index (χ4n) is 2.75. The highest BCUT2D eigenvalue weighted by Crippen LogP contribution is 2.32. The predicted molar refractivity (Wildman–Crippen MR) is 71.8 cm³/mol. The summed E-state index contributed by atoms with van der Waals surface area (Å²) in [7, 11) is 4.33. The summed E-state index contributed by atoms with van der Waals surface area (Å²) in [6.07, 6.45) is 13.8. The van der Waals surface area contributed by atoms with Gasteiger partial charge >= 0.3 is 0 Å². The molecule has 0 amide bonds. The van der Waals surface area contributed by atoms with Crippen molar-refractivity contribution in [1.82, 2.24) is 9.88 Å². The Kier molecular flexibility index (Phi) is 4.32. The molecule has 0 spiro atoms. The zero-order valence-corrected chi connectivity index (χ0v) is 10.8. The maximum Gasteiger partial charge on any atom is 0.0419 e. The Balaban J connectivity index is 2.22. The second kappa shape index (κ2) is 5.97. The molecular weight excluding hydrogens is 208 g/mol. The molecule has 0 aliphatic heterocycles. The molecule has 0 fully saturated rings. The van der Waals surface area contributed by atoms with Crippen molar-refractivity contribution in [2.24, 2.45) is 5.92 Å². The monoisotopic (exact) mass is 230 g/mol. The van der Waals surface area contributed by atoms with Gasteiger partial charge in [0, 0.05) is 18.4 Å². The number of allylic oxidation sites excluding steroid dienone is 1. The van der Waals surface area contributed by atoms with Crippen molar-refractivity contribution in [1.29, 1.82) is 0 Å². The number of hydrogen-bond acceptors (Lipinski definition) is 2. The summed E-state index contributed by atoms with van der Waals surface area (Å²) in [5.74, 6) is 0.622. The van der Waals surface area contributed by atoms with Crippen molar-refractivity contribution >= 4 is 0 Å². The maximum atomic E-state index is 4.26. The van der Waals surface area contributed by atoms with E-state index in [1.54, 1.807) is 0 Å². The van der Waals surface area contributed by atoms with E-state index in [-0.39, 0.29) is 0 Å². The molecule has 92 valence electrons. The molecule has 1 aromatic rings. The Morgan fingerprint density at radius 1 is 1.35 bits per heavy atom. The van der Waals surface area contributed by atoms with Gasteiger partial charge in [-0.05, 0) is 50.9 Å². The van der Waals surface area contributed by atoms with Crippen LogP contribution < -0.4 is 0 Å². The highest BCUT2D eigenvalue weighted by molar-refractivity contribution is 5.17. The standard InChI is InChI=1S/C15H22N2/c1-17(2)15(14-10-7-11-16-12-14)13-8-5-3-4-6-9-13/h5,7-8,10-13,15H,3-4,6,9H2,1-2H3. The van der Waals surface area contributed by atoms with Crippen molar-refractivity contribution in [3.05, 3.63) is 42.2 Å². The van der Waals surface area contributed by atoms with Crippen LogP contribution in [0.1, 0.15) is 37.3 Å². The predicted octanol–water partition coefficient (Wildman–Crippen LogP) is 3.43. The van der Waals surface area contributed by atoms with Crippen LogP contribution in [0.3, 0.4) is 0 Å². The third kappa shape index (κ3) is 3.16. The van der Waals surface area contributed by atoms with E-state index in [9.17, 15) is 0 Å². The number of pyridine rings is 1. The topological polar surface area (TPSA) is 16.1 Å². The lowest BCUT2D eigenvalue weighted by atomic mass is 9.89. The molecule has 1 heterocycles. The summed E-state index contributed by atoms with van der Waals surface area (Å²) in [5, 5.41) is 0. The van der Waals surface area contributed by atoms with Gasteiger partial charge in [0.25, 0.3) is 0 Å². The molecule has 2 atom stereocenters. The minimum atomic E-state index is 0.457. The molecule has 17 heavy (non-hydrogen) atoms. The Morgan fingerprint density at radius 2 is 2.24 bits per heavy atom. The Labute approximate surface area is 104 Å². The Hall–Kier alpha value is -1.15. The molecule has 1 aromatic heterocycles. The van der Waals surface area contributed by atoms with E-state index in [1.807, 2.05) is 18.5 Å². The highest BCUT2D eigenvalue weighted by atomic mass is 15.1. The molecule has 2 heteroatoms. The van der Waals surface area contributed by atoms with Crippen LogP contribution in [0.25, 0.3) is 0 Å². The van der Waals surface area contributed by atoms with Gasteiger partial charge in [0.1, 0.15) is 0 Å². The van der Waals surface area contributed by atoms with Gasteiger partial charge in [-0.15, -0.1) is 0 Å². The quantitative estimate of drug-likeness (QED) is 0.740. The Morgan fingerprint density at radius 3 is 2.94 bits per heavy atom. The lowest BCUT2D eigenvalue weighted by molar-refractivity contribution is 0.231. The number of hydrogen-bond donors (Lipinski definition) is 0. The zero-order chi connectivity index (χ0) is 12.1. The summed E-state index contributed by atoms with van der Waals surface area (Å²) < 4.78 is 0. The second-order valence-corrected chi connectivity index (χ2v) is 5.07. The Bertz CT molecular complexity index is 356. The molecule has 0 bridgehead atoms. The first-order valence-electron chi connectivity index (χ1n) is 6.52. The summed E-state index contributed by atoms with van der Waals surface area (Å²) in [6, 6.07) is 4.68. The van der Waals surface area contributed by atoms with Crippen LogP contribution >= 0.6 is 0 Å². The molecule has 2 unspecified atom stereocenters. The van der Waals surface area contributed by atoms with Gasteiger partial charge in [-0.3, -0.25) is 4.98 Å². The van der Waals surface area contributed by atoms with Gasteiger partial charge in [0.05, 0.1) is 0 Å². The third-order valence-electron chi connectivity index (χ3n) is 3.53. The first-order chi connectivity index (χ1) is 8.29. The van der Waals surface area contributed by atoms with Gasteiger partial charge in [-0.25, -0.2) is 0 Å². The molecule has 0 N–H and O–H groups in total. The lowest BCUT2D eigenvalue weighted by Crippen LogP contribution is -2.26. The van der Waals surface area contributed by atoms with Crippen molar-refractivity contribution in [2.75, 3.05) is 14.1 Å². The van der Waals surface area contributed by atoms with Crippen molar-refractivity contribution < 1.29 is 0 Å². The minimum absolute atomic E-state index is 0.457. The highest BCUT2D eigenvalue weighted by Gasteiger charge is 2.23. The SMILES string of the molecule is CN(C)C(c1cccnc1)C1C=CCCCC1. The average molecular weight is 230 g/mol. The van der Waals surface area contributed by atoms with Gasteiger partial charge in [-0.1, -0.05) is 24.6 Å². The summed E-state index contributed by atoms with van der Waals surface area (Å²) in [6.45, 7) is 0. The van der Waals surface area contributed by atoms with E-state index in [0.717, 1.165) is 0 Å². The van der Waals surface area contributed by atoms with E-state index in [4.69, 9.17) is 0 Å². The van der Waals surface area contributed by atoms with E-state index in [0.29, 0.717) is 12.0 Å². The number of nitrogens with zero attached hydrogens (tertiary/aromatic N) is 2. The molecule has 1 aliphatic carbocycles. The number of aromatic nitrogens is 1. The first-order valence-corrected chi connectivity index (χ1v) is 6.52. The smallest absolute Gasteiger partial charge is 0.0419 e. The van der Waals surface area contributed by atoms with Crippen LogP contribution in [-0.4, -0.2) is 24.0 Å². The van der Waals surface area contributed by atoms with Gasteiger partial charge < -0.3 is 4.90 Å². The van der Waals surface area contributed by atoms with Crippen LogP contribution in [0.15, 0.2) is 36.7 Å². The van der Waals surface area contributed by atoms with E-state index >= 15 is 0 Å². The molecule has 0 aromatic carbocycles. The maximum absolute atomic E-state index is 4.26. The first kappa shape index (κ1) is 12.3. The van der Waals surface area contributed by atoms with E-state index in [1.165, 1.54) is 31.2 Å². The van der Waals surface area contributed by atoms with Crippen LogP contribution in [0.4, 0.5) is 0 Å². The van der Waals surface area contributed by atoms with Crippen LogP contribution in [0.5, 0.6) is 0 Å².